The lowest BCUT2D eigenvalue weighted by molar-refractivity contribution is -0.384. The number of halogens is 1. The molecule has 0 aliphatic heterocycles. The van der Waals surface area contributed by atoms with Gasteiger partial charge >= 0.3 is 0 Å². The molecule has 0 atom stereocenters. The molecule has 0 unspecified atom stereocenters. The molecule has 0 radical (unpaired) electrons. The maximum absolute atomic E-state index is 11.8. The van der Waals surface area contributed by atoms with Crippen LogP contribution in [0.15, 0.2) is 23.1 Å². The third kappa shape index (κ3) is 3.07. The minimum Gasteiger partial charge on any atom is -0.320 e. The molecule has 2 rings (SSSR count). The number of nitro benzene ring substituents is 1. The Morgan fingerprint density at radius 2 is 2.05 bits per heavy atom. The lowest BCUT2D eigenvalue weighted by atomic mass is 9.85. The molecule has 0 bridgehead atoms. The number of carbonyl (C=O) groups excluding carboxylic acids is 1. The Morgan fingerprint density at radius 1 is 1.40 bits per heavy atom. The minimum atomic E-state index is -4.06. The zero-order chi connectivity index (χ0) is 14.9. The zero-order valence-corrected chi connectivity index (χ0v) is 11.8. The molecule has 1 saturated carbocycles. The van der Waals surface area contributed by atoms with Crippen LogP contribution in [0.2, 0.25) is 0 Å². The molecule has 108 valence electrons. The predicted molar refractivity (Wildman–Crippen MR) is 72.1 cm³/mol. The van der Waals surface area contributed by atoms with Crippen LogP contribution in [-0.2, 0) is 13.8 Å². The van der Waals surface area contributed by atoms with E-state index in [0.29, 0.717) is 0 Å². The van der Waals surface area contributed by atoms with Crippen molar-refractivity contribution in [2.24, 2.45) is 5.92 Å². The number of nitrogens with one attached hydrogen (secondary N) is 1. The van der Waals surface area contributed by atoms with Gasteiger partial charge in [-0.3, -0.25) is 14.9 Å². The van der Waals surface area contributed by atoms with Crippen LogP contribution >= 0.6 is 10.7 Å². The summed E-state index contributed by atoms with van der Waals surface area (Å²) in [6.45, 7) is 0. The van der Waals surface area contributed by atoms with Crippen molar-refractivity contribution in [3.63, 3.8) is 0 Å². The highest BCUT2D eigenvalue weighted by Crippen LogP contribution is 2.32. The third-order valence-electron chi connectivity index (χ3n) is 3.18. The molecule has 1 aromatic rings. The normalized spacial score (nSPS) is 15.4. The number of nitro groups is 1. The van der Waals surface area contributed by atoms with Gasteiger partial charge in [0.05, 0.1) is 9.82 Å². The van der Waals surface area contributed by atoms with Gasteiger partial charge in [-0.2, -0.15) is 0 Å². The molecular weight excluding hydrogens is 308 g/mol. The summed E-state index contributed by atoms with van der Waals surface area (Å²) in [7, 11) is 1.08. The highest BCUT2D eigenvalue weighted by atomic mass is 35.7. The topological polar surface area (TPSA) is 106 Å². The van der Waals surface area contributed by atoms with Gasteiger partial charge in [0.1, 0.15) is 5.69 Å². The summed E-state index contributed by atoms with van der Waals surface area (Å²) in [4.78, 5) is 21.6. The number of hydrogen-bond acceptors (Lipinski definition) is 5. The molecule has 1 fully saturated rings. The largest absolute Gasteiger partial charge is 0.320 e. The van der Waals surface area contributed by atoms with Crippen molar-refractivity contribution in [1.29, 1.82) is 0 Å². The van der Waals surface area contributed by atoms with Gasteiger partial charge in [-0.25, -0.2) is 8.42 Å². The monoisotopic (exact) mass is 318 g/mol. The number of amides is 1. The number of anilines is 1. The van der Waals surface area contributed by atoms with E-state index in [2.05, 4.69) is 5.32 Å². The molecule has 0 spiro atoms. The van der Waals surface area contributed by atoms with E-state index in [1.165, 1.54) is 6.07 Å². The van der Waals surface area contributed by atoms with Crippen LogP contribution in [0.3, 0.4) is 0 Å². The Bertz CT molecular complexity index is 669. The van der Waals surface area contributed by atoms with E-state index < -0.39 is 19.7 Å². The molecule has 0 saturated heterocycles. The van der Waals surface area contributed by atoms with Gasteiger partial charge in [0, 0.05) is 22.7 Å². The Morgan fingerprint density at radius 3 is 2.50 bits per heavy atom. The van der Waals surface area contributed by atoms with E-state index in [1.54, 1.807) is 0 Å². The van der Waals surface area contributed by atoms with Crippen molar-refractivity contribution in [1.82, 2.24) is 0 Å². The molecule has 7 nitrogen and oxygen atoms in total. The van der Waals surface area contributed by atoms with Crippen molar-refractivity contribution in [3.05, 3.63) is 28.3 Å². The van der Waals surface area contributed by atoms with Gasteiger partial charge in [0.25, 0.3) is 14.7 Å². The zero-order valence-electron chi connectivity index (χ0n) is 10.2. The van der Waals surface area contributed by atoms with E-state index in [9.17, 15) is 23.3 Å². The fourth-order valence-corrected chi connectivity index (χ4v) is 2.60. The first-order valence-corrected chi connectivity index (χ1v) is 8.14. The van der Waals surface area contributed by atoms with Crippen LogP contribution in [0.5, 0.6) is 0 Å². The molecule has 20 heavy (non-hydrogen) atoms. The Hall–Kier alpha value is -1.67. The standard InChI is InChI=1S/C11H11ClN2O5S/c12-20(18,19)8-4-5-9(10(6-8)14(16)17)13-11(15)7-2-1-3-7/h4-7H,1-3H2,(H,13,15). The summed E-state index contributed by atoms with van der Waals surface area (Å²) >= 11 is 0. The number of hydrogen-bond donors (Lipinski definition) is 1. The summed E-state index contributed by atoms with van der Waals surface area (Å²) in [5, 5.41) is 13.4. The van der Waals surface area contributed by atoms with Gasteiger partial charge in [-0.1, -0.05) is 6.42 Å². The fraction of sp³-hybridized carbons (Fsp3) is 0.364. The van der Waals surface area contributed by atoms with E-state index >= 15 is 0 Å². The molecule has 0 aromatic heterocycles. The van der Waals surface area contributed by atoms with Gasteiger partial charge in [-0.05, 0) is 25.0 Å². The minimum absolute atomic E-state index is 0.0315. The van der Waals surface area contributed by atoms with Crippen LogP contribution in [0.4, 0.5) is 11.4 Å². The Kier molecular flexibility index (Phi) is 3.96. The van der Waals surface area contributed by atoms with Gasteiger partial charge in [0.15, 0.2) is 0 Å². The SMILES string of the molecule is O=C(Nc1ccc(S(=O)(=O)Cl)cc1[N+](=O)[O-])C1CCC1. The molecule has 1 aliphatic rings. The number of rotatable bonds is 4. The van der Waals surface area contributed by atoms with Crippen LogP contribution in [0.1, 0.15) is 19.3 Å². The Labute approximate surface area is 119 Å². The summed E-state index contributed by atoms with van der Waals surface area (Å²) in [6.07, 6.45) is 2.48. The average Bonchev–Trinajstić information content (AvgIpc) is 2.24. The van der Waals surface area contributed by atoms with Crippen LogP contribution in [-0.4, -0.2) is 19.2 Å². The van der Waals surface area contributed by atoms with Crippen molar-refractivity contribution >= 4 is 37.0 Å². The van der Waals surface area contributed by atoms with E-state index in [1.807, 2.05) is 0 Å². The van der Waals surface area contributed by atoms with E-state index in [0.717, 1.165) is 31.4 Å². The van der Waals surface area contributed by atoms with Crippen molar-refractivity contribution in [3.8, 4) is 0 Å². The van der Waals surface area contributed by atoms with Gasteiger partial charge in [-0.15, -0.1) is 0 Å². The Balaban J connectivity index is 2.32. The van der Waals surface area contributed by atoms with Crippen molar-refractivity contribution in [2.75, 3.05) is 5.32 Å². The van der Waals surface area contributed by atoms with Gasteiger partial charge < -0.3 is 5.32 Å². The average molecular weight is 319 g/mol. The summed E-state index contributed by atoms with van der Waals surface area (Å²) < 4.78 is 22.3. The van der Waals surface area contributed by atoms with E-state index in [-0.39, 0.29) is 22.4 Å². The summed E-state index contributed by atoms with van der Waals surface area (Å²) in [5.74, 6) is -0.424. The highest BCUT2D eigenvalue weighted by molar-refractivity contribution is 8.13. The fourth-order valence-electron chi connectivity index (χ4n) is 1.83. The smallest absolute Gasteiger partial charge is 0.294 e. The molecular formula is C11H11ClN2O5S. The first-order valence-electron chi connectivity index (χ1n) is 5.83. The first-order chi connectivity index (χ1) is 9.29. The quantitative estimate of drug-likeness (QED) is 0.520. The highest BCUT2D eigenvalue weighted by Gasteiger charge is 2.27. The lowest BCUT2D eigenvalue weighted by Gasteiger charge is -2.23. The molecule has 1 N–H and O–H groups in total. The van der Waals surface area contributed by atoms with Crippen molar-refractivity contribution in [2.45, 2.75) is 24.2 Å². The number of nitrogens with zero attached hydrogens (tertiary/aromatic N) is 1. The second kappa shape index (κ2) is 5.37. The predicted octanol–water partition coefficient (Wildman–Crippen LogP) is 2.26. The van der Waals surface area contributed by atoms with Crippen LogP contribution in [0, 0.1) is 16.0 Å². The maximum Gasteiger partial charge on any atom is 0.294 e. The second-order valence-electron chi connectivity index (χ2n) is 4.49. The van der Waals surface area contributed by atoms with Crippen LogP contribution in [0.25, 0.3) is 0 Å². The number of benzene rings is 1. The second-order valence-corrected chi connectivity index (χ2v) is 7.06. The lowest BCUT2D eigenvalue weighted by Crippen LogP contribution is -2.28. The summed E-state index contributed by atoms with van der Waals surface area (Å²) in [5.41, 5.74) is -0.532. The maximum atomic E-state index is 11.8. The summed E-state index contributed by atoms with van der Waals surface area (Å²) in [6, 6.07) is 3.12. The van der Waals surface area contributed by atoms with Crippen molar-refractivity contribution < 1.29 is 18.1 Å². The van der Waals surface area contributed by atoms with Gasteiger partial charge in [0.2, 0.25) is 5.91 Å². The van der Waals surface area contributed by atoms with Crippen LogP contribution < -0.4 is 5.32 Å². The molecule has 1 aliphatic carbocycles. The third-order valence-corrected chi connectivity index (χ3v) is 4.53. The molecule has 1 aromatic carbocycles. The first kappa shape index (κ1) is 14.7. The molecule has 0 heterocycles. The molecule has 9 heteroatoms. The molecule has 1 amide bonds. The number of carbonyl (C=O) groups is 1. The van der Waals surface area contributed by atoms with E-state index in [4.69, 9.17) is 10.7 Å².